The smallest absolute Gasteiger partial charge is 0.270 e. The second kappa shape index (κ2) is 8.13. The molecule has 0 spiro atoms. The maximum absolute atomic E-state index is 12.9. The summed E-state index contributed by atoms with van der Waals surface area (Å²) >= 11 is 6.04. The Balaban J connectivity index is 1.36. The Hall–Kier alpha value is -2.05. The molecule has 1 atom stereocenters. The molecule has 2 fully saturated rings. The third-order valence-corrected chi connectivity index (χ3v) is 6.22. The zero-order valence-corrected chi connectivity index (χ0v) is 17.0. The molecule has 4 rings (SSSR count). The number of piperazine rings is 1. The summed E-state index contributed by atoms with van der Waals surface area (Å²) in [5, 5.41) is 1.60. The van der Waals surface area contributed by atoms with Gasteiger partial charge in [-0.3, -0.25) is 14.5 Å². The van der Waals surface area contributed by atoms with Gasteiger partial charge in [-0.25, -0.2) is 0 Å². The molecule has 0 aliphatic carbocycles. The third kappa shape index (κ3) is 3.89. The zero-order chi connectivity index (χ0) is 19.7. The van der Waals surface area contributed by atoms with Crippen LogP contribution in [0.1, 0.15) is 36.7 Å². The van der Waals surface area contributed by atoms with E-state index in [0.29, 0.717) is 23.8 Å². The van der Waals surface area contributed by atoms with E-state index < -0.39 is 0 Å². The first-order valence-corrected chi connectivity index (χ1v) is 10.5. The van der Waals surface area contributed by atoms with Gasteiger partial charge in [0.15, 0.2) is 0 Å². The first kappa shape index (κ1) is 19.3. The number of rotatable bonds is 3. The fourth-order valence-corrected chi connectivity index (χ4v) is 4.42. The number of fused-ring (bicyclic) bond motifs is 1. The minimum Gasteiger partial charge on any atom is -0.351 e. The summed E-state index contributed by atoms with van der Waals surface area (Å²) in [6.07, 6.45) is 3.44. The average molecular weight is 403 g/mol. The summed E-state index contributed by atoms with van der Waals surface area (Å²) in [5.41, 5.74) is 1.50. The van der Waals surface area contributed by atoms with E-state index in [1.165, 1.54) is 6.42 Å². The summed E-state index contributed by atoms with van der Waals surface area (Å²) in [6, 6.07) is 7.30. The minimum atomic E-state index is -0.120. The van der Waals surface area contributed by atoms with Crippen LogP contribution in [0.5, 0.6) is 0 Å². The molecule has 7 heteroatoms. The molecule has 0 bridgehead atoms. The van der Waals surface area contributed by atoms with Crippen molar-refractivity contribution in [1.82, 2.24) is 19.7 Å². The van der Waals surface area contributed by atoms with Crippen LogP contribution in [-0.2, 0) is 4.79 Å². The number of aromatic amines is 1. The molecular weight excluding hydrogens is 376 g/mol. The Morgan fingerprint density at radius 3 is 2.39 bits per heavy atom. The van der Waals surface area contributed by atoms with E-state index in [-0.39, 0.29) is 17.9 Å². The van der Waals surface area contributed by atoms with Crippen LogP contribution in [0.25, 0.3) is 10.9 Å². The molecule has 2 amide bonds. The van der Waals surface area contributed by atoms with Gasteiger partial charge >= 0.3 is 0 Å². The molecule has 1 aromatic carbocycles. The van der Waals surface area contributed by atoms with Gasteiger partial charge in [-0.1, -0.05) is 11.6 Å². The lowest BCUT2D eigenvalue weighted by molar-refractivity contribution is -0.137. The molecule has 1 unspecified atom stereocenters. The highest BCUT2D eigenvalue weighted by atomic mass is 35.5. The van der Waals surface area contributed by atoms with Crippen molar-refractivity contribution < 1.29 is 9.59 Å². The van der Waals surface area contributed by atoms with E-state index in [0.717, 1.165) is 49.9 Å². The SMILES string of the molecule is CC(C(=O)N1CCCCC1)N1CCN(C(=O)c2cc3cc(Cl)ccc3[nH]2)CC1. The number of carbonyl (C=O) groups is 2. The average Bonchev–Trinajstić information content (AvgIpc) is 3.16. The van der Waals surface area contributed by atoms with Crippen molar-refractivity contribution in [3.8, 4) is 0 Å². The maximum atomic E-state index is 12.9. The molecular formula is C21H27ClN4O2. The van der Waals surface area contributed by atoms with Gasteiger partial charge in [-0.05, 0) is 50.5 Å². The highest BCUT2D eigenvalue weighted by Crippen LogP contribution is 2.21. The van der Waals surface area contributed by atoms with Gasteiger partial charge in [0, 0.05) is 55.2 Å². The number of nitrogens with zero attached hydrogens (tertiary/aromatic N) is 3. The lowest BCUT2D eigenvalue weighted by Gasteiger charge is -2.39. The van der Waals surface area contributed by atoms with Gasteiger partial charge in [0.2, 0.25) is 5.91 Å². The second-order valence-electron chi connectivity index (χ2n) is 7.80. The number of likely N-dealkylation sites (tertiary alicyclic amines) is 1. The number of aromatic nitrogens is 1. The zero-order valence-electron chi connectivity index (χ0n) is 16.3. The highest BCUT2D eigenvalue weighted by molar-refractivity contribution is 6.31. The van der Waals surface area contributed by atoms with E-state index in [9.17, 15) is 9.59 Å². The number of H-pyrrole nitrogens is 1. The van der Waals surface area contributed by atoms with Gasteiger partial charge in [0.25, 0.3) is 5.91 Å². The van der Waals surface area contributed by atoms with Crippen LogP contribution in [0.15, 0.2) is 24.3 Å². The molecule has 6 nitrogen and oxygen atoms in total. The van der Waals surface area contributed by atoms with Crippen molar-refractivity contribution >= 4 is 34.3 Å². The number of hydrogen-bond acceptors (Lipinski definition) is 3. The van der Waals surface area contributed by atoms with Crippen LogP contribution < -0.4 is 0 Å². The van der Waals surface area contributed by atoms with E-state index in [4.69, 9.17) is 11.6 Å². The molecule has 0 radical (unpaired) electrons. The third-order valence-electron chi connectivity index (χ3n) is 5.99. The first-order valence-electron chi connectivity index (χ1n) is 10.1. The molecule has 3 heterocycles. The van der Waals surface area contributed by atoms with E-state index in [2.05, 4.69) is 9.88 Å². The first-order chi connectivity index (χ1) is 13.5. The highest BCUT2D eigenvalue weighted by Gasteiger charge is 2.31. The number of benzene rings is 1. The summed E-state index contributed by atoms with van der Waals surface area (Å²) in [6.45, 7) is 6.46. The van der Waals surface area contributed by atoms with Crippen molar-refractivity contribution in [3.05, 3.63) is 35.0 Å². The molecule has 1 aromatic heterocycles. The monoisotopic (exact) mass is 402 g/mol. The Bertz CT molecular complexity index is 866. The van der Waals surface area contributed by atoms with Crippen LogP contribution >= 0.6 is 11.6 Å². The number of amides is 2. The summed E-state index contributed by atoms with van der Waals surface area (Å²) < 4.78 is 0. The second-order valence-corrected chi connectivity index (χ2v) is 8.24. The molecule has 2 aliphatic heterocycles. The lowest BCUT2D eigenvalue weighted by atomic mass is 10.1. The molecule has 1 N–H and O–H groups in total. The number of piperidine rings is 1. The standard InChI is InChI=1S/C21H27ClN4O2/c1-15(20(27)25-7-3-2-4-8-25)24-9-11-26(12-10-24)21(28)19-14-16-13-17(22)5-6-18(16)23-19/h5-6,13-15,23H,2-4,7-12H2,1H3. The predicted molar refractivity (Wildman–Crippen MR) is 111 cm³/mol. The van der Waals surface area contributed by atoms with E-state index >= 15 is 0 Å². The normalized spacial score (nSPS) is 19.8. The number of nitrogens with one attached hydrogen (secondary N) is 1. The molecule has 150 valence electrons. The minimum absolute atomic E-state index is 0.00184. The largest absolute Gasteiger partial charge is 0.351 e. The van der Waals surface area contributed by atoms with E-state index in [1.54, 1.807) is 0 Å². The van der Waals surface area contributed by atoms with Gasteiger partial charge in [0.05, 0.1) is 6.04 Å². The Kier molecular flexibility index (Phi) is 5.60. The Labute approximate surface area is 170 Å². The molecule has 28 heavy (non-hydrogen) atoms. The molecule has 0 saturated carbocycles. The molecule has 2 aromatic rings. The number of hydrogen-bond donors (Lipinski definition) is 1. The van der Waals surface area contributed by atoms with Crippen molar-refractivity contribution in [2.24, 2.45) is 0 Å². The van der Waals surface area contributed by atoms with Crippen LogP contribution in [0.4, 0.5) is 0 Å². The van der Waals surface area contributed by atoms with Crippen molar-refractivity contribution in [1.29, 1.82) is 0 Å². The number of halogens is 1. The summed E-state index contributed by atoms with van der Waals surface area (Å²) in [5.74, 6) is 0.231. The Morgan fingerprint density at radius 1 is 0.964 bits per heavy atom. The quantitative estimate of drug-likeness (QED) is 0.858. The molecule has 2 saturated heterocycles. The maximum Gasteiger partial charge on any atom is 0.270 e. The number of carbonyl (C=O) groups excluding carboxylic acids is 2. The van der Waals surface area contributed by atoms with E-state index in [1.807, 2.05) is 41.0 Å². The summed E-state index contributed by atoms with van der Waals surface area (Å²) in [7, 11) is 0. The van der Waals surface area contributed by atoms with Gasteiger partial charge in [-0.2, -0.15) is 0 Å². The van der Waals surface area contributed by atoms with Crippen LogP contribution in [-0.4, -0.2) is 76.8 Å². The molecule has 2 aliphatic rings. The van der Waals surface area contributed by atoms with Crippen LogP contribution in [0, 0.1) is 0 Å². The van der Waals surface area contributed by atoms with Crippen LogP contribution in [0.2, 0.25) is 5.02 Å². The van der Waals surface area contributed by atoms with Crippen molar-refractivity contribution in [2.45, 2.75) is 32.2 Å². The lowest BCUT2D eigenvalue weighted by Crippen LogP contribution is -2.56. The topological polar surface area (TPSA) is 59.7 Å². The van der Waals surface area contributed by atoms with Gasteiger partial charge < -0.3 is 14.8 Å². The van der Waals surface area contributed by atoms with Gasteiger partial charge in [-0.15, -0.1) is 0 Å². The fraction of sp³-hybridized carbons (Fsp3) is 0.524. The van der Waals surface area contributed by atoms with Crippen molar-refractivity contribution in [2.75, 3.05) is 39.3 Å². The van der Waals surface area contributed by atoms with Crippen molar-refractivity contribution in [3.63, 3.8) is 0 Å². The Morgan fingerprint density at radius 2 is 1.68 bits per heavy atom. The van der Waals surface area contributed by atoms with Gasteiger partial charge in [0.1, 0.15) is 5.69 Å². The van der Waals surface area contributed by atoms with Crippen LogP contribution in [0.3, 0.4) is 0 Å². The summed E-state index contributed by atoms with van der Waals surface area (Å²) in [4.78, 5) is 34.9. The fourth-order valence-electron chi connectivity index (χ4n) is 4.24. The predicted octanol–water partition coefficient (Wildman–Crippen LogP) is 2.98.